The Hall–Kier alpha value is -3.14. The van der Waals surface area contributed by atoms with Crippen LogP contribution in [0.5, 0.6) is 0 Å². The Kier molecular flexibility index (Phi) is 5.73. The molecule has 0 bridgehead atoms. The quantitative estimate of drug-likeness (QED) is 0.792. The first kappa shape index (κ1) is 20.6. The SMILES string of the molecule is N#Cc1ccc(NC(=O)[C@@H]2CC(c3ccc(C#N)c(Cl)c3)[C@H](C(F)(F)F)N2)cn1. The second kappa shape index (κ2) is 8.08. The summed E-state index contributed by atoms with van der Waals surface area (Å²) in [5.41, 5.74) is 0.868. The van der Waals surface area contributed by atoms with Crippen molar-refractivity contribution < 1.29 is 18.0 Å². The van der Waals surface area contributed by atoms with Crippen molar-refractivity contribution in [2.24, 2.45) is 0 Å². The number of nitrogens with zero attached hydrogens (tertiary/aromatic N) is 3. The summed E-state index contributed by atoms with van der Waals surface area (Å²) in [6, 6.07) is 7.58. The van der Waals surface area contributed by atoms with Crippen LogP contribution < -0.4 is 10.6 Å². The number of anilines is 1. The summed E-state index contributed by atoms with van der Waals surface area (Å²) in [5.74, 6) is -1.69. The molecule has 3 rings (SSSR count). The lowest BCUT2D eigenvalue weighted by Crippen LogP contribution is -2.46. The minimum atomic E-state index is -4.59. The van der Waals surface area contributed by atoms with Crippen LogP contribution in [0.4, 0.5) is 18.9 Å². The molecule has 2 N–H and O–H groups in total. The number of carbonyl (C=O) groups is 1. The third-order valence-electron chi connectivity index (χ3n) is 4.63. The summed E-state index contributed by atoms with van der Waals surface area (Å²) < 4.78 is 40.7. The fourth-order valence-electron chi connectivity index (χ4n) is 3.24. The van der Waals surface area contributed by atoms with Crippen molar-refractivity contribution in [3.8, 4) is 12.1 Å². The molecular formula is C19H13ClF3N5O. The average Bonchev–Trinajstić information content (AvgIpc) is 3.15. The highest BCUT2D eigenvalue weighted by Crippen LogP contribution is 2.40. The van der Waals surface area contributed by atoms with Gasteiger partial charge in [0.1, 0.15) is 23.9 Å². The van der Waals surface area contributed by atoms with Crippen LogP contribution in [0.1, 0.15) is 29.2 Å². The Bertz CT molecular complexity index is 1010. The number of halogens is 4. The van der Waals surface area contributed by atoms with Crippen molar-refractivity contribution in [3.63, 3.8) is 0 Å². The molecule has 0 aliphatic carbocycles. The summed E-state index contributed by atoms with van der Waals surface area (Å²) in [6.07, 6.45) is -3.44. The number of benzene rings is 1. The normalized spacial score (nSPS) is 21.2. The second-order valence-corrected chi connectivity index (χ2v) is 6.87. The average molecular weight is 420 g/mol. The Morgan fingerprint density at radius 1 is 1.24 bits per heavy atom. The molecule has 1 aromatic heterocycles. The van der Waals surface area contributed by atoms with Gasteiger partial charge in [0, 0.05) is 5.92 Å². The molecule has 0 saturated carbocycles. The van der Waals surface area contributed by atoms with Crippen LogP contribution in [0, 0.1) is 22.7 Å². The van der Waals surface area contributed by atoms with E-state index in [0.29, 0.717) is 5.56 Å². The Morgan fingerprint density at radius 3 is 2.55 bits per heavy atom. The van der Waals surface area contributed by atoms with E-state index in [1.807, 2.05) is 12.1 Å². The van der Waals surface area contributed by atoms with E-state index < -0.39 is 30.1 Å². The molecule has 6 nitrogen and oxygen atoms in total. The number of amides is 1. The highest BCUT2D eigenvalue weighted by Gasteiger charge is 2.52. The van der Waals surface area contributed by atoms with Gasteiger partial charge in [-0.3, -0.25) is 10.1 Å². The largest absolute Gasteiger partial charge is 0.404 e. The molecule has 1 unspecified atom stereocenters. The molecule has 3 atom stereocenters. The van der Waals surface area contributed by atoms with Crippen LogP contribution in [-0.4, -0.2) is 29.2 Å². The molecule has 1 amide bonds. The maximum Gasteiger partial charge on any atom is 0.404 e. The molecule has 2 heterocycles. The van der Waals surface area contributed by atoms with Gasteiger partial charge in [0.05, 0.1) is 28.5 Å². The molecule has 1 fully saturated rings. The van der Waals surface area contributed by atoms with Gasteiger partial charge in [-0.1, -0.05) is 17.7 Å². The van der Waals surface area contributed by atoms with E-state index in [4.69, 9.17) is 22.1 Å². The van der Waals surface area contributed by atoms with Crippen LogP contribution in [0.15, 0.2) is 36.5 Å². The lowest BCUT2D eigenvalue weighted by molar-refractivity contribution is -0.156. The smallest absolute Gasteiger partial charge is 0.323 e. The van der Waals surface area contributed by atoms with Crippen molar-refractivity contribution in [2.45, 2.75) is 30.6 Å². The Balaban J connectivity index is 1.81. The van der Waals surface area contributed by atoms with Gasteiger partial charge >= 0.3 is 6.18 Å². The zero-order chi connectivity index (χ0) is 21.2. The minimum absolute atomic E-state index is 0.0579. The van der Waals surface area contributed by atoms with Crippen LogP contribution >= 0.6 is 11.6 Å². The van der Waals surface area contributed by atoms with E-state index in [0.717, 1.165) is 0 Å². The Morgan fingerprint density at radius 2 is 2.00 bits per heavy atom. The number of nitriles is 2. The van der Waals surface area contributed by atoms with E-state index in [-0.39, 0.29) is 28.4 Å². The fourth-order valence-corrected chi connectivity index (χ4v) is 3.47. The third-order valence-corrected chi connectivity index (χ3v) is 4.94. The van der Waals surface area contributed by atoms with Gasteiger partial charge in [0.2, 0.25) is 5.91 Å². The van der Waals surface area contributed by atoms with Crippen molar-refractivity contribution in [2.75, 3.05) is 5.32 Å². The summed E-state index contributed by atoms with van der Waals surface area (Å²) >= 11 is 5.97. The second-order valence-electron chi connectivity index (χ2n) is 6.46. The fraction of sp³-hybridized carbons (Fsp3) is 0.263. The van der Waals surface area contributed by atoms with Crippen molar-refractivity contribution in [1.29, 1.82) is 10.5 Å². The highest BCUT2D eigenvalue weighted by atomic mass is 35.5. The number of hydrogen-bond acceptors (Lipinski definition) is 5. The van der Waals surface area contributed by atoms with Crippen LogP contribution in [-0.2, 0) is 4.79 Å². The van der Waals surface area contributed by atoms with Crippen LogP contribution in [0.25, 0.3) is 0 Å². The topological polar surface area (TPSA) is 102 Å². The molecule has 0 spiro atoms. The van der Waals surface area contributed by atoms with Gasteiger partial charge in [-0.15, -0.1) is 0 Å². The maximum atomic E-state index is 13.6. The lowest BCUT2D eigenvalue weighted by atomic mass is 9.89. The van der Waals surface area contributed by atoms with Gasteiger partial charge in [-0.2, -0.15) is 23.7 Å². The van der Waals surface area contributed by atoms with E-state index >= 15 is 0 Å². The van der Waals surface area contributed by atoms with E-state index in [2.05, 4.69) is 15.6 Å². The molecule has 1 aliphatic rings. The zero-order valence-corrected chi connectivity index (χ0v) is 15.4. The summed E-state index contributed by atoms with van der Waals surface area (Å²) in [5, 5.41) is 22.6. The first-order valence-corrected chi connectivity index (χ1v) is 8.80. The molecule has 1 aromatic carbocycles. The van der Waals surface area contributed by atoms with Crippen LogP contribution in [0.2, 0.25) is 5.02 Å². The minimum Gasteiger partial charge on any atom is -0.323 e. The van der Waals surface area contributed by atoms with Crippen molar-refractivity contribution >= 4 is 23.2 Å². The maximum absolute atomic E-state index is 13.6. The van der Waals surface area contributed by atoms with Gasteiger partial charge in [-0.25, -0.2) is 4.98 Å². The van der Waals surface area contributed by atoms with E-state index in [1.54, 1.807) is 0 Å². The number of pyridine rings is 1. The summed E-state index contributed by atoms with van der Waals surface area (Å²) in [6.45, 7) is 0. The number of alkyl halides is 3. The zero-order valence-electron chi connectivity index (χ0n) is 14.7. The first-order chi connectivity index (χ1) is 13.7. The number of nitrogens with one attached hydrogen (secondary N) is 2. The third kappa shape index (κ3) is 4.48. The molecule has 10 heteroatoms. The predicted molar refractivity (Wildman–Crippen MR) is 97.9 cm³/mol. The highest BCUT2D eigenvalue weighted by molar-refractivity contribution is 6.31. The van der Waals surface area contributed by atoms with Crippen molar-refractivity contribution in [3.05, 3.63) is 58.4 Å². The van der Waals surface area contributed by atoms with Gasteiger partial charge in [-0.05, 0) is 36.2 Å². The van der Waals surface area contributed by atoms with Gasteiger partial charge in [0.25, 0.3) is 0 Å². The molecule has 29 heavy (non-hydrogen) atoms. The molecule has 1 aliphatic heterocycles. The monoisotopic (exact) mass is 419 g/mol. The molecule has 2 aromatic rings. The van der Waals surface area contributed by atoms with E-state index in [9.17, 15) is 18.0 Å². The summed E-state index contributed by atoms with van der Waals surface area (Å²) in [7, 11) is 0. The molecular weight excluding hydrogens is 407 g/mol. The molecule has 0 radical (unpaired) electrons. The van der Waals surface area contributed by atoms with E-state index in [1.165, 1.54) is 36.5 Å². The van der Waals surface area contributed by atoms with Gasteiger partial charge < -0.3 is 5.32 Å². The lowest BCUT2D eigenvalue weighted by Gasteiger charge is -2.22. The predicted octanol–water partition coefficient (Wildman–Crippen LogP) is 3.49. The number of rotatable bonds is 3. The van der Waals surface area contributed by atoms with Gasteiger partial charge in [0.15, 0.2) is 0 Å². The number of hydrogen-bond donors (Lipinski definition) is 2. The molecule has 1 saturated heterocycles. The number of carbonyl (C=O) groups excluding carboxylic acids is 1. The first-order valence-electron chi connectivity index (χ1n) is 8.42. The standard InChI is InChI=1S/C19H13ClF3N5O/c20-15-5-10(1-2-11(15)7-24)14-6-16(28-17(14)19(21,22)23)18(29)27-13-4-3-12(8-25)26-9-13/h1-5,9,14,16-17,28H,6H2,(H,27,29)/t14?,16-,17+/m0/s1. The number of aromatic nitrogens is 1. The van der Waals surface area contributed by atoms with Crippen LogP contribution in [0.3, 0.4) is 0 Å². The molecule has 148 valence electrons. The van der Waals surface area contributed by atoms with Crippen molar-refractivity contribution in [1.82, 2.24) is 10.3 Å². The summed E-state index contributed by atoms with van der Waals surface area (Å²) in [4.78, 5) is 16.3. The Labute approximate surface area is 168 Å².